The monoisotopic (exact) mass is 379 g/mol. The lowest BCUT2D eigenvalue weighted by atomic mass is 10.0. The van der Waals surface area contributed by atoms with E-state index in [1.165, 1.54) is 12.1 Å². The van der Waals surface area contributed by atoms with E-state index in [1.807, 2.05) is 53.8 Å². The number of hydrogen-bond acceptors (Lipinski definition) is 1. The van der Waals surface area contributed by atoms with Gasteiger partial charge in [0.1, 0.15) is 5.82 Å². The molecule has 0 amide bonds. The van der Waals surface area contributed by atoms with Gasteiger partial charge in [0.2, 0.25) is 0 Å². The third-order valence-corrected chi connectivity index (χ3v) is 4.19. The molecule has 0 aliphatic heterocycles. The number of halogens is 2. The lowest BCUT2D eigenvalue weighted by Gasteiger charge is -2.04. The Balaban J connectivity index is 2.20. The van der Waals surface area contributed by atoms with Crippen molar-refractivity contribution in [2.75, 3.05) is 0 Å². The van der Waals surface area contributed by atoms with Crippen molar-refractivity contribution in [3.63, 3.8) is 0 Å². The average molecular weight is 379 g/mol. The van der Waals surface area contributed by atoms with E-state index >= 15 is 0 Å². The summed E-state index contributed by atoms with van der Waals surface area (Å²) in [4.78, 5) is 15.9. The molecule has 3 rings (SSSR count). The number of hydrogen-bond donors (Lipinski definition) is 1. The molecule has 4 heteroatoms. The molecule has 0 spiro atoms. The minimum Gasteiger partial charge on any atom is -0.358 e. The molecule has 0 aliphatic rings. The molecule has 0 saturated carbocycles. The fraction of sp³-hybridized carbons (Fsp3) is 0.0625. The number of para-hydroxylation sites is 1. The molecule has 0 radical (unpaired) electrons. The first-order chi connectivity index (χ1) is 9.58. The van der Waals surface area contributed by atoms with Gasteiger partial charge in [0, 0.05) is 25.7 Å². The van der Waals surface area contributed by atoms with Gasteiger partial charge in [0.25, 0.3) is 0 Å². The van der Waals surface area contributed by atoms with Crippen molar-refractivity contribution in [2.24, 2.45) is 0 Å². The predicted octanol–water partition coefficient (Wildman–Crippen LogP) is 4.45. The third-order valence-electron chi connectivity index (χ3n) is 3.30. The number of benzene rings is 2. The van der Waals surface area contributed by atoms with Gasteiger partial charge in [-0.3, -0.25) is 4.79 Å². The zero-order valence-corrected chi connectivity index (χ0v) is 12.9. The van der Waals surface area contributed by atoms with E-state index in [9.17, 15) is 9.18 Å². The molecule has 1 N–H and O–H groups in total. The van der Waals surface area contributed by atoms with Gasteiger partial charge in [-0.15, -0.1) is 0 Å². The highest BCUT2D eigenvalue weighted by Gasteiger charge is 2.19. The zero-order chi connectivity index (χ0) is 14.3. The highest BCUT2D eigenvalue weighted by molar-refractivity contribution is 14.1. The van der Waals surface area contributed by atoms with Crippen molar-refractivity contribution in [1.82, 2.24) is 4.98 Å². The number of nitrogens with one attached hydrogen (secondary N) is 1. The van der Waals surface area contributed by atoms with E-state index in [1.54, 1.807) is 6.07 Å². The van der Waals surface area contributed by atoms with Crippen LogP contribution in [0.4, 0.5) is 4.39 Å². The van der Waals surface area contributed by atoms with Crippen LogP contribution in [0.25, 0.3) is 10.9 Å². The molecule has 2 aromatic carbocycles. The Bertz CT molecular complexity index is 822. The number of aromatic nitrogens is 1. The van der Waals surface area contributed by atoms with E-state index in [4.69, 9.17) is 0 Å². The highest BCUT2D eigenvalue weighted by Crippen LogP contribution is 2.26. The quantitative estimate of drug-likeness (QED) is 0.518. The number of fused-ring (bicyclic) bond motifs is 1. The van der Waals surface area contributed by atoms with E-state index in [0.717, 1.165) is 16.6 Å². The summed E-state index contributed by atoms with van der Waals surface area (Å²) in [5.74, 6) is -0.411. The van der Waals surface area contributed by atoms with E-state index < -0.39 is 0 Å². The Morgan fingerprint density at radius 1 is 1.20 bits per heavy atom. The maximum absolute atomic E-state index is 13.2. The van der Waals surface area contributed by atoms with Crippen LogP contribution in [0.15, 0.2) is 42.5 Å². The van der Waals surface area contributed by atoms with Crippen LogP contribution >= 0.6 is 22.6 Å². The maximum Gasteiger partial charge on any atom is 0.196 e. The van der Waals surface area contributed by atoms with Crippen molar-refractivity contribution in [1.29, 1.82) is 0 Å². The molecule has 1 heterocycles. The second-order valence-electron chi connectivity index (χ2n) is 4.62. The lowest BCUT2D eigenvalue weighted by Crippen LogP contribution is -2.05. The number of aryl methyl sites for hydroxylation is 1. The molecule has 0 atom stereocenters. The standard InChI is InChI=1S/C16H11FINO/c1-9-15(12-4-2-3-5-14(12)19-9)16(20)11-7-6-10(17)8-13(11)18/h2-8,19H,1H3. The minimum atomic E-state index is -0.332. The van der Waals surface area contributed by atoms with Gasteiger partial charge in [-0.05, 0) is 53.8 Å². The summed E-state index contributed by atoms with van der Waals surface area (Å²) >= 11 is 1.99. The third kappa shape index (κ3) is 2.14. The van der Waals surface area contributed by atoms with Gasteiger partial charge < -0.3 is 4.98 Å². The number of carbonyl (C=O) groups is 1. The fourth-order valence-electron chi connectivity index (χ4n) is 2.38. The summed E-state index contributed by atoms with van der Waals surface area (Å²) in [7, 11) is 0. The molecular weight excluding hydrogens is 368 g/mol. The number of aromatic amines is 1. The Labute approximate surface area is 129 Å². The van der Waals surface area contributed by atoms with Crippen LogP contribution in [-0.4, -0.2) is 10.8 Å². The van der Waals surface area contributed by atoms with Gasteiger partial charge >= 0.3 is 0 Å². The summed E-state index contributed by atoms with van der Waals surface area (Å²) in [6.07, 6.45) is 0. The number of rotatable bonds is 2. The van der Waals surface area contributed by atoms with Gasteiger partial charge in [-0.2, -0.15) is 0 Å². The Morgan fingerprint density at radius 3 is 2.70 bits per heavy atom. The Kier molecular flexibility index (Phi) is 3.33. The number of ketones is 1. The van der Waals surface area contributed by atoms with E-state index in [0.29, 0.717) is 14.7 Å². The summed E-state index contributed by atoms with van der Waals surface area (Å²) < 4.78 is 13.8. The second kappa shape index (κ2) is 5.01. The van der Waals surface area contributed by atoms with Crippen molar-refractivity contribution in [3.8, 4) is 0 Å². The second-order valence-corrected chi connectivity index (χ2v) is 5.79. The molecule has 0 saturated heterocycles. The normalized spacial score (nSPS) is 10.9. The first-order valence-corrected chi connectivity index (χ1v) is 7.23. The molecule has 0 unspecified atom stereocenters. The van der Waals surface area contributed by atoms with Crippen LogP contribution in [0.3, 0.4) is 0 Å². The van der Waals surface area contributed by atoms with Crippen LogP contribution < -0.4 is 0 Å². The molecule has 20 heavy (non-hydrogen) atoms. The first kappa shape index (κ1) is 13.3. The highest BCUT2D eigenvalue weighted by atomic mass is 127. The largest absolute Gasteiger partial charge is 0.358 e. The number of carbonyl (C=O) groups excluding carboxylic acids is 1. The van der Waals surface area contributed by atoms with Crippen molar-refractivity contribution >= 4 is 39.3 Å². The molecular formula is C16H11FINO. The average Bonchev–Trinajstić information content (AvgIpc) is 2.73. The molecule has 2 nitrogen and oxygen atoms in total. The Morgan fingerprint density at radius 2 is 1.95 bits per heavy atom. The predicted molar refractivity (Wildman–Crippen MR) is 85.6 cm³/mol. The van der Waals surface area contributed by atoms with Crippen molar-refractivity contribution in [2.45, 2.75) is 6.92 Å². The maximum atomic E-state index is 13.2. The molecule has 100 valence electrons. The van der Waals surface area contributed by atoms with Crippen LogP contribution in [0.5, 0.6) is 0 Å². The zero-order valence-electron chi connectivity index (χ0n) is 10.7. The van der Waals surface area contributed by atoms with Crippen LogP contribution in [0, 0.1) is 16.3 Å². The molecule has 3 aromatic rings. The summed E-state index contributed by atoms with van der Waals surface area (Å²) in [6, 6.07) is 11.9. The summed E-state index contributed by atoms with van der Waals surface area (Å²) in [6.45, 7) is 1.88. The first-order valence-electron chi connectivity index (χ1n) is 6.15. The van der Waals surface area contributed by atoms with E-state index in [-0.39, 0.29) is 11.6 Å². The molecule has 1 aromatic heterocycles. The minimum absolute atomic E-state index is 0.0793. The van der Waals surface area contributed by atoms with Crippen LogP contribution in [0.1, 0.15) is 21.6 Å². The SMILES string of the molecule is Cc1[nH]c2ccccc2c1C(=O)c1ccc(F)cc1I. The summed E-state index contributed by atoms with van der Waals surface area (Å²) in [5, 5.41) is 0.898. The van der Waals surface area contributed by atoms with Crippen LogP contribution in [-0.2, 0) is 0 Å². The van der Waals surface area contributed by atoms with E-state index in [2.05, 4.69) is 4.98 Å². The Hall–Kier alpha value is -1.69. The van der Waals surface area contributed by atoms with Gasteiger partial charge in [-0.1, -0.05) is 18.2 Å². The molecule has 0 bridgehead atoms. The smallest absolute Gasteiger partial charge is 0.196 e. The van der Waals surface area contributed by atoms with Gasteiger partial charge in [-0.25, -0.2) is 4.39 Å². The van der Waals surface area contributed by atoms with Crippen LogP contribution in [0.2, 0.25) is 0 Å². The van der Waals surface area contributed by atoms with Gasteiger partial charge in [0.15, 0.2) is 5.78 Å². The number of H-pyrrole nitrogens is 1. The fourth-order valence-corrected chi connectivity index (χ4v) is 3.10. The molecule has 0 aliphatic carbocycles. The van der Waals surface area contributed by atoms with Crippen molar-refractivity contribution < 1.29 is 9.18 Å². The lowest BCUT2D eigenvalue weighted by molar-refractivity contribution is 0.103. The van der Waals surface area contributed by atoms with Gasteiger partial charge in [0.05, 0.1) is 5.56 Å². The molecule has 0 fully saturated rings. The summed E-state index contributed by atoms with van der Waals surface area (Å²) in [5.41, 5.74) is 2.95. The topological polar surface area (TPSA) is 32.9 Å². The van der Waals surface area contributed by atoms with Crippen molar-refractivity contribution in [3.05, 3.63) is 68.7 Å².